The quantitative estimate of drug-likeness (QED) is 0.801. The summed E-state index contributed by atoms with van der Waals surface area (Å²) in [5.41, 5.74) is 0.881. The Balaban J connectivity index is 1.46. The van der Waals surface area contributed by atoms with Crippen LogP contribution in [0.3, 0.4) is 0 Å². The monoisotopic (exact) mass is 342 g/mol. The molecular formula is C19H26N4O2. The molecule has 2 aliphatic heterocycles. The van der Waals surface area contributed by atoms with E-state index >= 15 is 0 Å². The first kappa shape index (κ1) is 17.5. The Hall–Kier alpha value is -2.34. The second kappa shape index (κ2) is 8.16. The molecule has 2 N–H and O–H groups in total. The van der Waals surface area contributed by atoms with Crippen molar-refractivity contribution < 1.29 is 9.59 Å². The number of benzene rings is 1. The van der Waals surface area contributed by atoms with E-state index in [1.54, 1.807) is 4.90 Å². The normalized spacial score (nSPS) is 22.0. The minimum absolute atomic E-state index is 0.0397. The van der Waals surface area contributed by atoms with Crippen LogP contribution < -0.4 is 15.5 Å². The standard InChI is InChI=1S/C19H26N4O2/c1-2-11-22-12-8-15(9-13-22)20-19(25)21-17-10-14-23(18(17)24)16-6-4-3-5-7-16/h2-7,15,17H,1,8-14H2,(H2,20,21,25). The van der Waals surface area contributed by atoms with Crippen molar-refractivity contribution in [3.63, 3.8) is 0 Å². The summed E-state index contributed by atoms with van der Waals surface area (Å²) in [6, 6.07) is 9.06. The Morgan fingerprint density at radius 3 is 2.52 bits per heavy atom. The second-order valence-corrected chi connectivity index (χ2v) is 6.65. The molecule has 1 unspecified atom stereocenters. The van der Waals surface area contributed by atoms with Crippen LogP contribution in [0.15, 0.2) is 43.0 Å². The van der Waals surface area contributed by atoms with E-state index in [0.29, 0.717) is 13.0 Å². The average molecular weight is 342 g/mol. The Morgan fingerprint density at radius 2 is 1.84 bits per heavy atom. The van der Waals surface area contributed by atoms with Gasteiger partial charge in [0.05, 0.1) is 0 Å². The Kier molecular flexibility index (Phi) is 5.71. The third-order valence-corrected chi connectivity index (χ3v) is 4.89. The molecule has 134 valence electrons. The number of likely N-dealkylation sites (tertiary alicyclic amines) is 1. The van der Waals surface area contributed by atoms with Gasteiger partial charge >= 0.3 is 6.03 Å². The van der Waals surface area contributed by atoms with Crippen LogP contribution in [0, 0.1) is 0 Å². The molecule has 1 aromatic rings. The van der Waals surface area contributed by atoms with Gasteiger partial charge in [-0.05, 0) is 31.4 Å². The predicted molar refractivity (Wildman–Crippen MR) is 98.5 cm³/mol. The van der Waals surface area contributed by atoms with E-state index in [4.69, 9.17) is 0 Å². The van der Waals surface area contributed by atoms with Crippen molar-refractivity contribution >= 4 is 17.6 Å². The van der Waals surface area contributed by atoms with Crippen molar-refractivity contribution in [1.29, 1.82) is 0 Å². The summed E-state index contributed by atoms with van der Waals surface area (Å²) in [6.45, 7) is 7.20. The number of rotatable bonds is 5. The highest BCUT2D eigenvalue weighted by atomic mass is 16.2. The summed E-state index contributed by atoms with van der Waals surface area (Å²) in [5.74, 6) is -0.0397. The van der Waals surface area contributed by atoms with E-state index in [0.717, 1.165) is 38.2 Å². The van der Waals surface area contributed by atoms with Gasteiger partial charge in [0.1, 0.15) is 6.04 Å². The summed E-state index contributed by atoms with van der Waals surface area (Å²) in [7, 11) is 0. The number of amides is 3. The van der Waals surface area contributed by atoms with Crippen molar-refractivity contribution in [3.05, 3.63) is 43.0 Å². The molecular weight excluding hydrogens is 316 g/mol. The van der Waals surface area contributed by atoms with Crippen LogP contribution in [0.4, 0.5) is 10.5 Å². The third-order valence-electron chi connectivity index (χ3n) is 4.89. The van der Waals surface area contributed by atoms with Gasteiger partial charge in [0.15, 0.2) is 0 Å². The van der Waals surface area contributed by atoms with Crippen molar-refractivity contribution in [2.75, 3.05) is 31.1 Å². The van der Waals surface area contributed by atoms with Gasteiger partial charge in [0.25, 0.3) is 0 Å². The largest absolute Gasteiger partial charge is 0.335 e. The molecule has 6 heteroatoms. The summed E-state index contributed by atoms with van der Waals surface area (Å²) in [6.07, 6.45) is 4.40. The molecule has 0 bridgehead atoms. The van der Waals surface area contributed by atoms with Gasteiger partial charge in [0, 0.05) is 37.9 Å². The van der Waals surface area contributed by atoms with Crippen LogP contribution in [0.1, 0.15) is 19.3 Å². The second-order valence-electron chi connectivity index (χ2n) is 6.65. The molecule has 0 spiro atoms. The number of hydrogen-bond acceptors (Lipinski definition) is 3. The van der Waals surface area contributed by atoms with Crippen LogP contribution in [0.2, 0.25) is 0 Å². The van der Waals surface area contributed by atoms with Crippen LogP contribution in [0.25, 0.3) is 0 Å². The van der Waals surface area contributed by atoms with E-state index in [-0.39, 0.29) is 18.0 Å². The fourth-order valence-corrected chi connectivity index (χ4v) is 3.51. The fourth-order valence-electron chi connectivity index (χ4n) is 3.51. The maximum atomic E-state index is 12.5. The van der Waals surface area contributed by atoms with Gasteiger partial charge in [-0.15, -0.1) is 6.58 Å². The first-order valence-electron chi connectivity index (χ1n) is 8.94. The maximum Gasteiger partial charge on any atom is 0.315 e. The molecule has 1 atom stereocenters. The molecule has 3 rings (SSSR count). The lowest BCUT2D eigenvalue weighted by atomic mass is 10.1. The minimum atomic E-state index is -0.443. The van der Waals surface area contributed by atoms with Crippen molar-refractivity contribution in [3.8, 4) is 0 Å². The molecule has 0 aliphatic carbocycles. The number of nitrogens with one attached hydrogen (secondary N) is 2. The third kappa shape index (κ3) is 4.39. The van der Waals surface area contributed by atoms with Crippen LogP contribution in [-0.2, 0) is 4.79 Å². The highest BCUT2D eigenvalue weighted by molar-refractivity contribution is 6.01. The minimum Gasteiger partial charge on any atom is -0.335 e. The number of anilines is 1. The number of hydrogen-bond donors (Lipinski definition) is 2. The van der Waals surface area contributed by atoms with Gasteiger partial charge < -0.3 is 15.5 Å². The number of carbonyl (C=O) groups is 2. The van der Waals surface area contributed by atoms with Gasteiger partial charge in [0.2, 0.25) is 5.91 Å². The molecule has 0 saturated carbocycles. The topological polar surface area (TPSA) is 64.7 Å². The van der Waals surface area contributed by atoms with E-state index in [1.165, 1.54) is 0 Å². The van der Waals surface area contributed by atoms with Crippen LogP contribution >= 0.6 is 0 Å². The molecule has 2 saturated heterocycles. The highest BCUT2D eigenvalue weighted by Gasteiger charge is 2.34. The Labute approximate surface area is 148 Å². The summed E-state index contributed by atoms with van der Waals surface area (Å²) >= 11 is 0. The lowest BCUT2D eigenvalue weighted by Crippen LogP contribution is -2.51. The predicted octanol–water partition coefficient (Wildman–Crippen LogP) is 1.74. The van der Waals surface area contributed by atoms with Gasteiger partial charge in [-0.1, -0.05) is 24.3 Å². The molecule has 2 aliphatic rings. The molecule has 1 aromatic carbocycles. The van der Waals surface area contributed by atoms with E-state index < -0.39 is 6.04 Å². The Bertz CT molecular complexity index is 611. The van der Waals surface area contributed by atoms with Crippen molar-refractivity contribution in [1.82, 2.24) is 15.5 Å². The maximum absolute atomic E-state index is 12.5. The van der Waals surface area contributed by atoms with Gasteiger partial charge in [-0.2, -0.15) is 0 Å². The number of carbonyl (C=O) groups excluding carboxylic acids is 2. The van der Waals surface area contributed by atoms with Gasteiger partial charge in [-0.3, -0.25) is 9.69 Å². The number of para-hydroxylation sites is 1. The van der Waals surface area contributed by atoms with Crippen molar-refractivity contribution in [2.45, 2.75) is 31.3 Å². The lowest BCUT2D eigenvalue weighted by Gasteiger charge is -2.31. The van der Waals surface area contributed by atoms with Gasteiger partial charge in [-0.25, -0.2) is 4.79 Å². The SMILES string of the molecule is C=CCN1CCC(NC(=O)NC2CCN(c3ccccc3)C2=O)CC1. The smallest absolute Gasteiger partial charge is 0.315 e. The Morgan fingerprint density at radius 1 is 1.12 bits per heavy atom. The molecule has 2 fully saturated rings. The fraction of sp³-hybridized carbons (Fsp3) is 0.474. The number of nitrogens with zero attached hydrogens (tertiary/aromatic N) is 2. The zero-order chi connectivity index (χ0) is 17.6. The molecule has 2 heterocycles. The number of piperidine rings is 1. The van der Waals surface area contributed by atoms with Crippen LogP contribution in [0.5, 0.6) is 0 Å². The summed E-state index contributed by atoms with van der Waals surface area (Å²) in [5, 5.41) is 5.85. The van der Waals surface area contributed by atoms with Crippen LogP contribution in [-0.4, -0.2) is 55.1 Å². The molecule has 0 aromatic heterocycles. The molecule has 3 amide bonds. The average Bonchev–Trinajstić information content (AvgIpc) is 2.98. The molecule has 6 nitrogen and oxygen atoms in total. The zero-order valence-corrected chi connectivity index (χ0v) is 14.5. The molecule has 0 radical (unpaired) electrons. The highest BCUT2D eigenvalue weighted by Crippen LogP contribution is 2.21. The summed E-state index contributed by atoms with van der Waals surface area (Å²) in [4.78, 5) is 28.8. The lowest BCUT2D eigenvalue weighted by molar-refractivity contribution is -0.118. The zero-order valence-electron chi connectivity index (χ0n) is 14.5. The molecule has 25 heavy (non-hydrogen) atoms. The first-order valence-corrected chi connectivity index (χ1v) is 8.94. The summed E-state index contributed by atoms with van der Waals surface area (Å²) < 4.78 is 0. The first-order chi connectivity index (χ1) is 12.2. The van der Waals surface area contributed by atoms with Crippen molar-refractivity contribution in [2.24, 2.45) is 0 Å². The number of urea groups is 1. The van der Waals surface area contributed by atoms with E-state index in [9.17, 15) is 9.59 Å². The van der Waals surface area contributed by atoms with E-state index in [2.05, 4.69) is 22.1 Å². The van der Waals surface area contributed by atoms with E-state index in [1.807, 2.05) is 36.4 Å².